The summed E-state index contributed by atoms with van der Waals surface area (Å²) in [5.41, 5.74) is 0. The van der Waals surface area contributed by atoms with E-state index in [9.17, 15) is 4.79 Å². The summed E-state index contributed by atoms with van der Waals surface area (Å²) in [5.74, 6) is 0.846. The van der Waals surface area contributed by atoms with Gasteiger partial charge < -0.3 is 15.0 Å². The third-order valence-corrected chi connectivity index (χ3v) is 3.78. The Morgan fingerprint density at radius 1 is 1.35 bits per heavy atom. The van der Waals surface area contributed by atoms with Crippen LogP contribution in [0.3, 0.4) is 0 Å². The summed E-state index contributed by atoms with van der Waals surface area (Å²) >= 11 is 0. The summed E-state index contributed by atoms with van der Waals surface area (Å²) in [6, 6.07) is 0.410. The molecule has 0 aliphatic carbocycles. The highest BCUT2D eigenvalue weighted by atomic mass is 35.5. The van der Waals surface area contributed by atoms with Crippen molar-refractivity contribution in [1.29, 1.82) is 0 Å². The van der Waals surface area contributed by atoms with Crippen molar-refractivity contribution < 1.29 is 9.53 Å². The van der Waals surface area contributed by atoms with Gasteiger partial charge in [-0.25, -0.2) is 0 Å². The third kappa shape index (κ3) is 4.12. The lowest BCUT2D eigenvalue weighted by molar-refractivity contribution is -0.133. The van der Waals surface area contributed by atoms with Crippen molar-refractivity contribution in [3.63, 3.8) is 0 Å². The molecular weight excluding hydrogens is 240 g/mol. The van der Waals surface area contributed by atoms with Gasteiger partial charge in [-0.15, -0.1) is 12.4 Å². The lowest BCUT2D eigenvalue weighted by atomic mass is 9.96. The molecule has 0 aromatic rings. The van der Waals surface area contributed by atoms with Crippen molar-refractivity contribution >= 4 is 18.3 Å². The Balaban J connectivity index is 0.00000144. The van der Waals surface area contributed by atoms with Gasteiger partial charge >= 0.3 is 0 Å². The molecule has 0 spiro atoms. The Hall–Kier alpha value is -0.320. The first kappa shape index (κ1) is 14.7. The van der Waals surface area contributed by atoms with Crippen LogP contribution in [0.2, 0.25) is 0 Å². The molecule has 4 nitrogen and oxygen atoms in total. The maximum Gasteiger partial charge on any atom is 0.222 e. The molecule has 100 valence electrons. The second-order valence-electron chi connectivity index (χ2n) is 4.91. The fraction of sp³-hybridized carbons (Fsp3) is 0.917. The number of nitrogens with zero attached hydrogens (tertiary/aromatic N) is 1. The van der Waals surface area contributed by atoms with Gasteiger partial charge in [-0.3, -0.25) is 4.79 Å². The Kier molecular flexibility index (Phi) is 6.23. The van der Waals surface area contributed by atoms with Gasteiger partial charge in [-0.2, -0.15) is 0 Å². The van der Waals surface area contributed by atoms with Crippen molar-refractivity contribution in [3.05, 3.63) is 0 Å². The van der Waals surface area contributed by atoms with Crippen molar-refractivity contribution in [1.82, 2.24) is 10.2 Å². The fourth-order valence-corrected chi connectivity index (χ4v) is 2.52. The molecular formula is C12H23ClN2O2. The lowest BCUT2D eigenvalue weighted by Gasteiger charge is -2.27. The Bertz CT molecular complexity index is 239. The van der Waals surface area contributed by atoms with E-state index in [0.717, 1.165) is 45.6 Å². The number of halogens is 1. The minimum absolute atomic E-state index is 0. The van der Waals surface area contributed by atoms with Crippen LogP contribution in [0.5, 0.6) is 0 Å². The highest BCUT2D eigenvalue weighted by Crippen LogP contribution is 2.20. The zero-order valence-corrected chi connectivity index (χ0v) is 11.3. The van der Waals surface area contributed by atoms with Gasteiger partial charge in [0.2, 0.25) is 5.91 Å². The molecule has 2 heterocycles. The van der Waals surface area contributed by atoms with Crippen LogP contribution < -0.4 is 5.32 Å². The van der Waals surface area contributed by atoms with Crippen LogP contribution in [0.15, 0.2) is 0 Å². The number of likely N-dealkylation sites (N-methyl/N-ethyl adjacent to an activating group) is 1. The van der Waals surface area contributed by atoms with Crippen molar-refractivity contribution in [3.8, 4) is 0 Å². The van der Waals surface area contributed by atoms with Crippen molar-refractivity contribution in [2.75, 3.05) is 33.4 Å². The van der Waals surface area contributed by atoms with E-state index >= 15 is 0 Å². The number of ether oxygens (including phenoxy) is 1. The molecule has 1 amide bonds. The zero-order valence-electron chi connectivity index (χ0n) is 10.5. The standard InChI is InChI=1S/C12H22N2O2.ClH/c1-14(11-2-5-13-9-11)12(15)8-10-3-6-16-7-4-10;/h10-11,13H,2-9H2,1H3;1H/t11-;/m1./s1. The summed E-state index contributed by atoms with van der Waals surface area (Å²) in [4.78, 5) is 14.0. The maximum absolute atomic E-state index is 12.1. The first-order chi connectivity index (χ1) is 7.77. The third-order valence-electron chi connectivity index (χ3n) is 3.78. The predicted octanol–water partition coefficient (Wildman–Crippen LogP) is 1.05. The molecule has 0 aromatic carbocycles. The summed E-state index contributed by atoms with van der Waals surface area (Å²) in [7, 11) is 1.94. The minimum Gasteiger partial charge on any atom is -0.381 e. The van der Waals surface area contributed by atoms with Gasteiger partial charge in [-0.05, 0) is 31.7 Å². The molecule has 2 rings (SSSR count). The molecule has 0 aromatic heterocycles. The second-order valence-corrected chi connectivity index (χ2v) is 4.91. The Morgan fingerprint density at radius 3 is 2.65 bits per heavy atom. The van der Waals surface area contributed by atoms with Gasteiger partial charge in [0.15, 0.2) is 0 Å². The number of hydrogen-bond donors (Lipinski definition) is 1. The number of rotatable bonds is 3. The zero-order chi connectivity index (χ0) is 11.4. The minimum atomic E-state index is 0. The first-order valence-electron chi connectivity index (χ1n) is 6.31. The quantitative estimate of drug-likeness (QED) is 0.827. The fourth-order valence-electron chi connectivity index (χ4n) is 2.52. The molecule has 0 bridgehead atoms. The normalized spacial score (nSPS) is 25.4. The van der Waals surface area contributed by atoms with Crippen LogP contribution in [0.25, 0.3) is 0 Å². The highest BCUT2D eigenvalue weighted by Gasteiger charge is 2.25. The largest absolute Gasteiger partial charge is 0.381 e. The maximum atomic E-state index is 12.1. The lowest BCUT2D eigenvalue weighted by Crippen LogP contribution is -2.39. The second kappa shape index (κ2) is 7.19. The molecule has 2 saturated heterocycles. The molecule has 2 fully saturated rings. The van der Waals surface area contributed by atoms with E-state index in [1.165, 1.54) is 0 Å². The van der Waals surface area contributed by atoms with Crippen LogP contribution in [0.1, 0.15) is 25.7 Å². The molecule has 17 heavy (non-hydrogen) atoms. The van der Waals surface area contributed by atoms with E-state index in [1.54, 1.807) is 0 Å². The molecule has 1 N–H and O–H groups in total. The smallest absolute Gasteiger partial charge is 0.222 e. The predicted molar refractivity (Wildman–Crippen MR) is 69.5 cm³/mol. The number of carbonyl (C=O) groups is 1. The molecule has 5 heteroatoms. The summed E-state index contributed by atoms with van der Waals surface area (Å²) < 4.78 is 5.31. The van der Waals surface area contributed by atoms with Crippen LogP contribution >= 0.6 is 12.4 Å². The summed E-state index contributed by atoms with van der Waals surface area (Å²) in [6.45, 7) is 3.65. The number of hydrogen-bond acceptors (Lipinski definition) is 3. The van der Waals surface area contributed by atoms with Crippen molar-refractivity contribution in [2.45, 2.75) is 31.7 Å². The molecule has 2 aliphatic rings. The molecule has 0 unspecified atom stereocenters. The van der Waals surface area contributed by atoms with E-state index in [0.29, 0.717) is 24.3 Å². The highest BCUT2D eigenvalue weighted by molar-refractivity contribution is 5.85. The van der Waals surface area contributed by atoms with Gasteiger partial charge in [0, 0.05) is 39.3 Å². The number of amides is 1. The molecule has 1 atom stereocenters. The van der Waals surface area contributed by atoms with E-state index in [2.05, 4.69) is 5.32 Å². The number of carbonyl (C=O) groups excluding carboxylic acids is 1. The first-order valence-corrected chi connectivity index (χ1v) is 6.31. The van der Waals surface area contributed by atoms with E-state index in [1.807, 2.05) is 11.9 Å². The van der Waals surface area contributed by atoms with Crippen molar-refractivity contribution in [2.24, 2.45) is 5.92 Å². The van der Waals surface area contributed by atoms with Crippen LogP contribution in [0, 0.1) is 5.92 Å². The van der Waals surface area contributed by atoms with E-state index in [4.69, 9.17) is 4.74 Å². The van der Waals surface area contributed by atoms with Gasteiger partial charge in [0.1, 0.15) is 0 Å². The molecule has 2 aliphatic heterocycles. The number of nitrogens with one attached hydrogen (secondary N) is 1. The average molecular weight is 263 g/mol. The van der Waals surface area contributed by atoms with Gasteiger partial charge in [0.25, 0.3) is 0 Å². The van der Waals surface area contributed by atoms with Crippen LogP contribution in [-0.4, -0.2) is 50.2 Å². The molecule has 0 radical (unpaired) electrons. The average Bonchev–Trinajstić information content (AvgIpc) is 2.83. The van der Waals surface area contributed by atoms with Gasteiger partial charge in [-0.1, -0.05) is 0 Å². The van der Waals surface area contributed by atoms with E-state index < -0.39 is 0 Å². The Labute approximate surface area is 109 Å². The van der Waals surface area contributed by atoms with Gasteiger partial charge in [0.05, 0.1) is 0 Å². The van der Waals surface area contributed by atoms with Crippen LogP contribution in [0.4, 0.5) is 0 Å². The monoisotopic (exact) mass is 262 g/mol. The SMILES string of the molecule is CN(C(=O)CC1CCOCC1)[C@@H]1CCNC1.Cl. The molecule has 0 saturated carbocycles. The Morgan fingerprint density at radius 2 is 2.06 bits per heavy atom. The topological polar surface area (TPSA) is 41.6 Å². The summed E-state index contributed by atoms with van der Waals surface area (Å²) in [5, 5.41) is 3.30. The van der Waals surface area contributed by atoms with Crippen LogP contribution in [-0.2, 0) is 9.53 Å². The van der Waals surface area contributed by atoms with E-state index in [-0.39, 0.29) is 12.4 Å². The summed E-state index contributed by atoms with van der Waals surface area (Å²) in [6.07, 6.45) is 3.89.